The van der Waals surface area contributed by atoms with Gasteiger partial charge in [0.25, 0.3) is 5.56 Å². The van der Waals surface area contributed by atoms with Gasteiger partial charge in [-0.3, -0.25) is 4.79 Å². The van der Waals surface area contributed by atoms with E-state index < -0.39 is 11.5 Å². The molecule has 0 aliphatic carbocycles. The Kier molecular flexibility index (Phi) is 2.51. The first-order valence-corrected chi connectivity index (χ1v) is 3.99. The summed E-state index contributed by atoms with van der Waals surface area (Å²) < 4.78 is 1.27. The van der Waals surface area contributed by atoms with Crippen LogP contribution < -0.4 is 5.56 Å². The third-order valence-electron chi connectivity index (χ3n) is 1.95. The molecule has 1 heterocycles. The Morgan fingerprint density at radius 2 is 2.23 bits per heavy atom. The molecule has 0 atom stereocenters. The lowest BCUT2D eigenvalue weighted by molar-refractivity contribution is 0.0693. The molecule has 4 heteroatoms. The fourth-order valence-electron chi connectivity index (χ4n) is 1.19. The van der Waals surface area contributed by atoms with E-state index >= 15 is 0 Å². The first kappa shape index (κ1) is 9.51. The molecule has 0 unspecified atom stereocenters. The van der Waals surface area contributed by atoms with E-state index in [4.69, 9.17) is 5.11 Å². The number of hydrogen-bond acceptors (Lipinski definition) is 2. The predicted octanol–water partition coefficient (Wildman–Crippen LogP) is 0.646. The van der Waals surface area contributed by atoms with Gasteiger partial charge in [-0.1, -0.05) is 6.92 Å². The lowest BCUT2D eigenvalue weighted by Crippen LogP contribution is -2.25. The first-order valence-electron chi connectivity index (χ1n) is 3.99. The van der Waals surface area contributed by atoms with Crippen LogP contribution in [0.4, 0.5) is 0 Å². The molecule has 0 spiro atoms. The summed E-state index contributed by atoms with van der Waals surface area (Å²) in [5, 5.41) is 8.79. The van der Waals surface area contributed by atoms with Crippen molar-refractivity contribution in [1.82, 2.24) is 4.57 Å². The zero-order chi connectivity index (χ0) is 10.0. The number of nitrogens with zero attached hydrogens (tertiary/aromatic N) is 1. The van der Waals surface area contributed by atoms with Gasteiger partial charge in [0.1, 0.15) is 5.56 Å². The van der Waals surface area contributed by atoms with Crippen molar-refractivity contribution < 1.29 is 9.90 Å². The van der Waals surface area contributed by atoms with Crippen LogP contribution in [0.5, 0.6) is 0 Å². The number of aryl methyl sites for hydroxylation is 2. The molecule has 0 radical (unpaired) electrons. The van der Waals surface area contributed by atoms with Crippen molar-refractivity contribution in [2.45, 2.75) is 13.3 Å². The highest BCUT2D eigenvalue weighted by molar-refractivity contribution is 5.88. The molecule has 0 saturated carbocycles. The van der Waals surface area contributed by atoms with Gasteiger partial charge < -0.3 is 9.67 Å². The lowest BCUT2D eigenvalue weighted by Gasteiger charge is -2.04. The molecule has 1 rings (SSSR count). The molecule has 1 N–H and O–H groups in total. The van der Waals surface area contributed by atoms with Crippen molar-refractivity contribution in [2.75, 3.05) is 0 Å². The average Bonchev–Trinajstić information content (AvgIpc) is 2.08. The predicted molar refractivity (Wildman–Crippen MR) is 48.0 cm³/mol. The van der Waals surface area contributed by atoms with Gasteiger partial charge in [0, 0.05) is 13.2 Å². The van der Waals surface area contributed by atoms with Crippen LogP contribution in [-0.4, -0.2) is 15.6 Å². The molecular formula is C9H11NO3. The topological polar surface area (TPSA) is 59.3 Å². The van der Waals surface area contributed by atoms with E-state index in [1.807, 2.05) is 6.92 Å². The van der Waals surface area contributed by atoms with Crippen LogP contribution in [0, 0.1) is 0 Å². The van der Waals surface area contributed by atoms with E-state index in [9.17, 15) is 9.59 Å². The number of pyridine rings is 1. The highest BCUT2D eigenvalue weighted by Crippen LogP contribution is 2.03. The van der Waals surface area contributed by atoms with Gasteiger partial charge in [0.15, 0.2) is 0 Å². The summed E-state index contributed by atoms with van der Waals surface area (Å²) in [4.78, 5) is 22.1. The normalized spacial score (nSPS) is 10.0. The van der Waals surface area contributed by atoms with Crippen LogP contribution in [0.15, 0.2) is 17.1 Å². The van der Waals surface area contributed by atoms with Gasteiger partial charge in [-0.15, -0.1) is 0 Å². The number of aromatic carboxylic acids is 1. The molecule has 0 amide bonds. The summed E-state index contributed by atoms with van der Waals surface area (Å²) in [7, 11) is 1.54. The number of hydrogen-bond donors (Lipinski definition) is 1. The summed E-state index contributed by atoms with van der Waals surface area (Å²) >= 11 is 0. The van der Waals surface area contributed by atoms with Gasteiger partial charge in [-0.05, 0) is 18.1 Å². The molecule has 13 heavy (non-hydrogen) atoms. The second kappa shape index (κ2) is 3.43. The SMILES string of the molecule is CCc1ccn(C)c(=O)c1C(=O)O. The Balaban J connectivity index is 3.51. The van der Waals surface area contributed by atoms with Crippen LogP contribution in [-0.2, 0) is 13.5 Å². The molecular weight excluding hydrogens is 170 g/mol. The number of rotatable bonds is 2. The monoisotopic (exact) mass is 181 g/mol. The molecule has 0 saturated heterocycles. The molecule has 0 aromatic carbocycles. The minimum Gasteiger partial charge on any atom is -0.477 e. The van der Waals surface area contributed by atoms with Crippen molar-refractivity contribution in [3.63, 3.8) is 0 Å². The highest BCUT2D eigenvalue weighted by atomic mass is 16.4. The van der Waals surface area contributed by atoms with Gasteiger partial charge in [0.2, 0.25) is 0 Å². The van der Waals surface area contributed by atoms with E-state index in [1.54, 1.807) is 12.3 Å². The first-order chi connectivity index (χ1) is 6.07. The zero-order valence-corrected chi connectivity index (χ0v) is 7.57. The van der Waals surface area contributed by atoms with E-state index in [1.165, 1.54) is 11.6 Å². The zero-order valence-electron chi connectivity index (χ0n) is 7.57. The largest absolute Gasteiger partial charge is 0.477 e. The molecule has 0 bridgehead atoms. The van der Waals surface area contributed by atoms with Crippen molar-refractivity contribution in [1.29, 1.82) is 0 Å². The molecule has 0 aliphatic rings. The highest BCUT2D eigenvalue weighted by Gasteiger charge is 2.13. The maximum absolute atomic E-state index is 11.4. The summed E-state index contributed by atoms with van der Waals surface area (Å²) in [6.07, 6.45) is 2.13. The number of carboxylic acid groups (broad SMARTS) is 1. The Morgan fingerprint density at radius 1 is 1.62 bits per heavy atom. The van der Waals surface area contributed by atoms with Crippen molar-refractivity contribution in [3.05, 3.63) is 33.7 Å². The Labute approximate surface area is 75.4 Å². The van der Waals surface area contributed by atoms with Gasteiger partial charge >= 0.3 is 5.97 Å². The Morgan fingerprint density at radius 3 is 2.69 bits per heavy atom. The van der Waals surface area contributed by atoms with Crippen LogP contribution in [0.3, 0.4) is 0 Å². The fourth-order valence-corrected chi connectivity index (χ4v) is 1.19. The van der Waals surface area contributed by atoms with Gasteiger partial charge in [-0.25, -0.2) is 4.79 Å². The summed E-state index contributed by atoms with van der Waals surface area (Å²) in [6, 6.07) is 1.66. The van der Waals surface area contributed by atoms with E-state index in [2.05, 4.69) is 0 Å². The van der Waals surface area contributed by atoms with Crippen molar-refractivity contribution >= 4 is 5.97 Å². The second-order valence-electron chi connectivity index (χ2n) is 2.79. The molecule has 0 aliphatic heterocycles. The average molecular weight is 181 g/mol. The molecule has 1 aromatic rings. The fraction of sp³-hybridized carbons (Fsp3) is 0.333. The number of carbonyl (C=O) groups is 1. The van der Waals surface area contributed by atoms with Crippen LogP contribution in [0.1, 0.15) is 22.8 Å². The smallest absolute Gasteiger partial charge is 0.341 e. The van der Waals surface area contributed by atoms with Crippen LogP contribution >= 0.6 is 0 Å². The minimum absolute atomic E-state index is 0.118. The summed E-state index contributed by atoms with van der Waals surface area (Å²) in [5.41, 5.74) is 0.00921. The van der Waals surface area contributed by atoms with Crippen molar-refractivity contribution in [2.24, 2.45) is 7.05 Å². The maximum atomic E-state index is 11.4. The van der Waals surface area contributed by atoms with E-state index in [0.717, 1.165) is 0 Å². The van der Waals surface area contributed by atoms with Crippen molar-refractivity contribution in [3.8, 4) is 0 Å². The van der Waals surface area contributed by atoms with Crippen LogP contribution in [0.2, 0.25) is 0 Å². The van der Waals surface area contributed by atoms with E-state index in [-0.39, 0.29) is 5.56 Å². The quantitative estimate of drug-likeness (QED) is 0.728. The molecule has 70 valence electrons. The minimum atomic E-state index is -1.15. The Hall–Kier alpha value is -1.58. The third-order valence-corrected chi connectivity index (χ3v) is 1.95. The summed E-state index contributed by atoms with van der Waals surface area (Å²) in [6.45, 7) is 1.82. The summed E-state index contributed by atoms with van der Waals surface area (Å²) in [5.74, 6) is -1.15. The number of carboxylic acids is 1. The standard InChI is InChI=1S/C9H11NO3/c1-3-6-4-5-10(2)8(11)7(6)9(12)13/h4-5H,3H2,1-2H3,(H,12,13). The Bertz CT molecular complexity index is 392. The molecule has 0 fully saturated rings. The maximum Gasteiger partial charge on any atom is 0.341 e. The molecule has 4 nitrogen and oxygen atoms in total. The van der Waals surface area contributed by atoms with Gasteiger partial charge in [-0.2, -0.15) is 0 Å². The molecule has 1 aromatic heterocycles. The second-order valence-corrected chi connectivity index (χ2v) is 2.79. The van der Waals surface area contributed by atoms with Crippen LogP contribution in [0.25, 0.3) is 0 Å². The number of aromatic nitrogens is 1. The third kappa shape index (κ3) is 1.61. The van der Waals surface area contributed by atoms with E-state index in [0.29, 0.717) is 12.0 Å². The van der Waals surface area contributed by atoms with Gasteiger partial charge in [0.05, 0.1) is 0 Å². The lowest BCUT2D eigenvalue weighted by atomic mass is 10.1.